The summed E-state index contributed by atoms with van der Waals surface area (Å²) in [5.74, 6) is 0.259. The maximum Gasteiger partial charge on any atom is 0.271 e. The number of hydrazone groups is 1. The van der Waals surface area contributed by atoms with E-state index in [4.69, 9.17) is 27.9 Å². The van der Waals surface area contributed by atoms with Gasteiger partial charge in [0.2, 0.25) is 0 Å². The van der Waals surface area contributed by atoms with E-state index in [0.717, 1.165) is 11.1 Å². The number of nitrogens with one attached hydrogen (secondary N) is 2. The van der Waals surface area contributed by atoms with Crippen molar-refractivity contribution in [2.24, 2.45) is 5.10 Å². The number of ether oxygens (including phenoxy) is 1. The van der Waals surface area contributed by atoms with Gasteiger partial charge >= 0.3 is 0 Å². The summed E-state index contributed by atoms with van der Waals surface area (Å²) in [6.07, 6.45) is 1.51. The molecule has 0 aromatic heterocycles. The number of carbonyl (C=O) groups is 1. The first-order valence-electron chi connectivity index (χ1n) is 11.0. The third kappa shape index (κ3) is 7.57. The fourth-order valence-corrected chi connectivity index (χ4v) is 4.46. The van der Waals surface area contributed by atoms with Crippen molar-refractivity contribution in [2.75, 3.05) is 4.72 Å². The van der Waals surface area contributed by atoms with Crippen LogP contribution in [0.1, 0.15) is 21.5 Å². The van der Waals surface area contributed by atoms with Gasteiger partial charge in [-0.3, -0.25) is 9.52 Å². The van der Waals surface area contributed by atoms with E-state index in [2.05, 4.69) is 15.2 Å². The molecule has 0 aliphatic rings. The van der Waals surface area contributed by atoms with Gasteiger partial charge in [0, 0.05) is 21.3 Å². The van der Waals surface area contributed by atoms with Gasteiger partial charge in [-0.1, -0.05) is 35.3 Å². The summed E-state index contributed by atoms with van der Waals surface area (Å²) in [4.78, 5) is 12.5. The van der Waals surface area contributed by atoms with Gasteiger partial charge in [0.1, 0.15) is 12.4 Å². The van der Waals surface area contributed by atoms with E-state index >= 15 is 0 Å². The highest BCUT2D eigenvalue weighted by atomic mass is 35.5. The van der Waals surface area contributed by atoms with Crippen LogP contribution in [0.5, 0.6) is 5.75 Å². The number of halogens is 2. The number of sulfonamides is 1. The quantitative estimate of drug-likeness (QED) is 0.192. The summed E-state index contributed by atoms with van der Waals surface area (Å²) in [6, 6.07) is 26.5. The van der Waals surface area contributed by atoms with E-state index in [-0.39, 0.29) is 4.90 Å². The predicted octanol–water partition coefficient (Wildman–Crippen LogP) is 6.14. The lowest BCUT2D eigenvalue weighted by atomic mass is 10.2. The Kier molecular flexibility index (Phi) is 8.45. The number of hydrogen-bond acceptors (Lipinski definition) is 5. The topological polar surface area (TPSA) is 96.9 Å². The lowest BCUT2D eigenvalue weighted by molar-refractivity contribution is 0.0955. The minimum Gasteiger partial charge on any atom is -0.489 e. The smallest absolute Gasteiger partial charge is 0.271 e. The Hall–Kier alpha value is -3.85. The first-order chi connectivity index (χ1) is 17.8. The number of carbonyl (C=O) groups excluding carboxylic acids is 1. The van der Waals surface area contributed by atoms with Crippen LogP contribution in [-0.2, 0) is 16.6 Å². The molecule has 37 heavy (non-hydrogen) atoms. The average molecular weight is 554 g/mol. The van der Waals surface area contributed by atoms with Crippen LogP contribution in [0.3, 0.4) is 0 Å². The Labute approximate surface area is 224 Å². The highest BCUT2D eigenvalue weighted by molar-refractivity contribution is 7.92. The molecule has 0 radical (unpaired) electrons. The van der Waals surface area contributed by atoms with Crippen molar-refractivity contribution in [1.29, 1.82) is 0 Å². The first-order valence-corrected chi connectivity index (χ1v) is 13.2. The Morgan fingerprint density at radius 3 is 2.03 bits per heavy atom. The van der Waals surface area contributed by atoms with Gasteiger partial charge in [-0.2, -0.15) is 5.10 Å². The zero-order valence-corrected chi connectivity index (χ0v) is 21.6. The second-order valence-corrected chi connectivity index (χ2v) is 10.4. The number of amides is 1. The fraction of sp³-hybridized carbons (Fsp3) is 0.0370. The largest absolute Gasteiger partial charge is 0.489 e. The van der Waals surface area contributed by atoms with Crippen LogP contribution in [0.4, 0.5) is 5.69 Å². The highest BCUT2D eigenvalue weighted by Gasteiger charge is 2.14. The van der Waals surface area contributed by atoms with E-state index < -0.39 is 15.9 Å². The molecule has 0 bridgehead atoms. The summed E-state index contributed by atoms with van der Waals surface area (Å²) in [7, 11) is -3.78. The van der Waals surface area contributed by atoms with Crippen LogP contribution in [0.2, 0.25) is 10.0 Å². The normalized spacial score (nSPS) is 11.3. The molecule has 0 aliphatic carbocycles. The second kappa shape index (κ2) is 11.9. The maximum atomic E-state index is 12.5. The molecule has 1 amide bonds. The van der Waals surface area contributed by atoms with E-state index in [9.17, 15) is 13.2 Å². The van der Waals surface area contributed by atoms with E-state index in [1.807, 2.05) is 48.5 Å². The Bertz CT molecular complexity index is 1490. The zero-order valence-electron chi connectivity index (χ0n) is 19.3. The van der Waals surface area contributed by atoms with E-state index in [1.165, 1.54) is 54.7 Å². The van der Waals surface area contributed by atoms with Crippen LogP contribution in [0.15, 0.2) is 107 Å². The van der Waals surface area contributed by atoms with Crippen molar-refractivity contribution in [3.63, 3.8) is 0 Å². The van der Waals surface area contributed by atoms with Gasteiger partial charge in [0.15, 0.2) is 0 Å². The number of rotatable bonds is 9. The van der Waals surface area contributed by atoms with Gasteiger partial charge < -0.3 is 4.74 Å². The third-order valence-electron chi connectivity index (χ3n) is 5.10. The molecule has 0 atom stereocenters. The lowest BCUT2D eigenvalue weighted by Gasteiger charge is -2.09. The van der Waals surface area contributed by atoms with Gasteiger partial charge in [-0.25, -0.2) is 13.8 Å². The minimum absolute atomic E-state index is 0.0780. The number of benzene rings is 4. The minimum atomic E-state index is -3.78. The monoisotopic (exact) mass is 553 g/mol. The van der Waals surface area contributed by atoms with Crippen LogP contribution in [0.25, 0.3) is 0 Å². The molecule has 0 unspecified atom stereocenters. The molecule has 0 heterocycles. The zero-order chi connectivity index (χ0) is 26.3. The average Bonchev–Trinajstić information content (AvgIpc) is 2.89. The number of nitrogens with zero attached hydrogens (tertiary/aromatic N) is 1. The SMILES string of the molecule is O=C(N/N=C/c1ccc(OCc2ccc(Cl)cc2)cc1)c1ccc(NS(=O)(=O)c2ccc(Cl)cc2)cc1. The molecule has 4 aromatic rings. The summed E-state index contributed by atoms with van der Waals surface area (Å²) < 4.78 is 33.2. The maximum absolute atomic E-state index is 12.5. The van der Waals surface area contributed by atoms with Crippen molar-refractivity contribution >= 4 is 51.0 Å². The summed E-state index contributed by atoms with van der Waals surface area (Å²) in [5.41, 5.74) is 4.85. The molecule has 0 spiro atoms. The molecule has 2 N–H and O–H groups in total. The van der Waals surface area contributed by atoms with Crippen molar-refractivity contribution < 1.29 is 17.9 Å². The molecule has 0 saturated heterocycles. The van der Waals surface area contributed by atoms with Crippen molar-refractivity contribution in [1.82, 2.24) is 5.43 Å². The molecule has 10 heteroatoms. The summed E-state index contributed by atoms with van der Waals surface area (Å²) in [6.45, 7) is 0.419. The number of hydrogen-bond donors (Lipinski definition) is 2. The Morgan fingerprint density at radius 2 is 1.41 bits per heavy atom. The molecular formula is C27H21Cl2N3O4S. The van der Waals surface area contributed by atoms with E-state index in [0.29, 0.717) is 33.7 Å². The van der Waals surface area contributed by atoms with Crippen LogP contribution in [-0.4, -0.2) is 20.5 Å². The van der Waals surface area contributed by atoms with Crippen LogP contribution < -0.4 is 14.9 Å². The number of anilines is 1. The molecule has 0 aliphatic heterocycles. The summed E-state index contributed by atoms with van der Waals surface area (Å²) in [5, 5.41) is 5.09. The standard InChI is InChI=1S/C27H21Cl2N3O4S/c28-22-7-1-20(2-8-22)18-36-25-13-3-19(4-14-25)17-30-31-27(33)21-5-11-24(12-6-21)32-37(34,35)26-15-9-23(29)10-16-26/h1-17,32H,18H2,(H,31,33)/b30-17+. The highest BCUT2D eigenvalue weighted by Crippen LogP contribution is 2.19. The Balaban J connectivity index is 1.28. The van der Waals surface area contributed by atoms with Crippen LogP contribution in [0, 0.1) is 0 Å². The van der Waals surface area contributed by atoms with Crippen molar-refractivity contribution in [3.8, 4) is 5.75 Å². The second-order valence-electron chi connectivity index (χ2n) is 7.82. The molecule has 0 saturated carbocycles. The van der Waals surface area contributed by atoms with Gasteiger partial charge in [-0.15, -0.1) is 0 Å². The predicted molar refractivity (Wildman–Crippen MR) is 146 cm³/mol. The molecule has 188 valence electrons. The van der Waals surface area contributed by atoms with Crippen molar-refractivity contribution in [3.05, 3.63) is 124 Å². The van der Waals surface area contributed by atoms with Crippen LogP contribution >= 0.6 is 23.2 Å². The Morgan fingerprint density at radius 1 is 0.811 bits per heavy atom. The molecule has 0 fully saturated rings. The molecule has 4 aromatic carbocycles. The first kappa shape index (κ1) is 26.2. The molecular weight excluding hydrogens is 533 g/mol. The van der Waals surface area contributed by atoms with Gasteiger partial charge in [-0.05, 0) is 96.1 Å². The van der Waals surface area contributed by atoms with Gasteiger partial charge in [0.05, 0.1) is 11.1 Å². The van der Waals surface area contributed by atoms with Gasteiger partial charge in [0.25, 0.3) is 15.9 Å². The fourth-order valence-electron chi connectivity index (χ4n) is 3.14. The van der Waals surface area contributed by atoms with E-state index in [1.54, 1.807) is 0 Å². The summed E-state index contributed by atoms with van der Waals surface area (Å²) >= 11 is 11.7. The molecule has 4 rings (SSSR count). The lowest BCUT2D eigenvalue weighted by Crippen LogP contribution is -2.18. The van der Waals surface area contributed by atoms with Crippen molar-refractivity contribution in [2.45, 2.75) is 11.5 Å². The molecule has 7 nitrogen and oxygen atoms in total. The third-order valence-corrected chi connectivity index (χ3v) is 7.00.